The van der Waals surface area contributed by atoms with Crippen LogP contribution in [0.1, 0.15) is 64.1 Å². The van der Waals surface area contributed by atoms with Crippen molar-refractivity contribution in [3.63, 3.8) is 0 Å². The molecule has 384 valence electrons. The Morgan fingerprint density at radius 3 is 1.62 bits per heavy atom. The minimum atomic E-state index is -0.772. The SMILES string of the molecule is CCNC(=O)Nc1ccc(-c2nc3c(c(N4CCOC[C@@H]4C)n2)CCN(C[C@@H](O)CO)C3)cc1.CCNC(=O)Nc1ccc(-c2nc3c(c(N4CCOC[C@@H]4C)n2)CCN(C[C@@H]2COC(C)(C)O2)C3)cc1. The number of rotatable bonds is 13. The molecular weight excluding hydrogens is 909 g/mol. The van der Waals surface area contributed by atoms with Gasteiger partial charge in [-0.2, -0.15) is 0 Å². The molecule has 7 heterocycles. The number of hydrogen-bond donors (Lipinski definition) is 6. The van der Waals surface area contributed by atoms with E-state index in [-0.39, 0.29) is 36.9 Å². The van der Waals surface area contributed by atoms with Gasteiger partial charge in [0.25, 0.3) is 0 Å². The molecule has 20 nitrogen and oxygen atoms in total. The van der Waals surface area contributed by atoms with E-state index in [1.807, 2.05) is 76.2 Å². The normalized spacial score (nSPS) is 21.5. The molecule has 5 aliphatic heterocycles. The van der Waals surface area contributed by atoms with E-state index in [1.54, 1.807) is 0 Å². The van der Waals surface area contributed by atoms with Crippen LogP contribution in [0.3, 0.4) is 0 Å². The van der Waals surface area contributed by atoms with Crippen LogP contribution in [0.2, 0.25) is 0 Å². The lowest BCUT2D eigenvalue weighted by Crippen LogP contribution is -2.46. The van der Waals surface area contributed by atoms with Crippen LogP contribution in [-0.4, -0.2) is 174 Å². The van der Waals surface area contributed by atoms with Crippen LogP contribution < -0.4 is 31.1 Å². The van der Waals surface area contributed by atoms with Gasteiger partial charge >= 0.3 is 12.1 Å². The second-order valence-electron chi connectivity index (χ2n) is 19.2. The molecule has 3 fully saturated rings. The molecule has 9 rings (SSSR count). The van der Waals surface area contributed by atoms with E-state index >= 15 is 0 Å². The fraction of sp³-hybridized carbons (Fsp3) is 0.569. The lowest BCUT2D eigenvalue weighted by atomic mass is 10.0. The number of benzene rings is 2. The molecule has 0 saturated carbocycles. The largest absolute Gasteiger partial charge is 0.394 e. The Labute approximate surface area is 416 Å². The third-order valence-electron chi connectivity index (χ3n) is 13.2. The smallest absolute Gasteiger partial charge is 0.319 e. The summed E-state index contributed by atoms with van der Waals surface area (Å²) in [5.74, 6) is 2.76. The van der Waals surface area contributed by atoms with E-state index in [2.05, 4.69) is 54.7 Å². The Hall–Kier alpha value is -5.58. The van der Waals surface area contributed by atoms with Crippen LogP contribution in [0.4, 0.5) is 32.6 Å². The van der Waals surface area contributed by atoms with E-state index in [0.717, 1.165) is 97.5 Å². The van der Waals surface area contributed by atoms with Gasteiger partial charge in [0.1, 0.15) is 11.6 Å². The van der Waals surface area contributed by atoms with Gasteiger partial charge in [-0.15, -0.1) is 0 Å². The average molecular weight is 981 g/mol. The van der Waals surface area contributed by atoms with Gasteiger partial charge in [-0.05, 0) is 103 Å². The van der Waals surface area contributed by atoms with E-state index in [0.29, 0.717) is 76.5 Å². The van der Waals surface area contributed by atoms with Gasteiger partial charge in [-0.3, -0.25) is 9.80 Å². The van der Waals surface area contributed by atoms with Gasteiger partial charge in [0.2, 0.25) is 0 Å². The third kappa shape index (κ3) is 13.3. The van der Waals surface area contributed by atoms with Gasteiger partial charge in [0.05, 0.1) is 75.3 Å². The van der Waals surface area contributed by atoms with E-state index in [9.17, 15) is 19.8 Å². The number of fused-ring (bicyclic) bond motifs is 2. The summed E-state index contributed by atoms with van der Waals surface area (Å²) in [6, 6.07) is 15.2. The molecule has 6 N–H and O–H groups in total. The number of ether oxygens (including phenoxy) is 4. The highest BCUT2D eigenvalue weighted by Gasteiger charge is 2.36. The maximum Gasteiger partial charge on any atom is 0.319 e. The minimum absolute atomic E-state index is 0.0570. The number of urea groups is 2. The molecule has 2 aromatic carbocycles. The Bertz CT molecular complexity index is 2430. The molecule has 5 aliphatic rings. The summed E-state index contributed by atoms with van der Waals surface area (Å²) < 4.78 is 23.2. The summed E-state index contributed by atoms with van der Waals surface area (Å²) in [6.45, 7) is 22.0. The first-order valence-electron chi connectivity index (χ1n) is 25.1. The van der Waals surface area contributed by atoms with Crippen molar-refractivity contribution >= 4 is 35.1 Å². The maximum atomic E-state index is 11.9. The predicted molar refractivity (Wildman–Crippen MR) is 272 cm³/mol. The van der Waals surface area contributed by atoms with Crippen molar-refractivity contribution in [2.75, 3.05) is 112 Å². The number of nitrogens with one attached hydrogen (secondary N) is 4. The average Bonchev–Trinajstić information content (AvgIpc) is 3.71. The number of morpholine rings is 2. The van der Waals surface area contributed by atoms with Crippen molar-refractivity contribution in [2.24, 2.45) is 0 Å². The molecule has 20 heteroatoms. The van der Waals surface area contributed by atoms with E-state index in [1.165, 1.54) is 5.56 Å². The van der Waals surface area contributed by atoms with Gasteiger partial charge in [0, 0.05) is 99.1 Å². The number of carbonyl (C=O) groups excluding carboxylic acids is 2. The Morgan fingerprint density at radius 2 is 1.18 bits per heavy atom. The van der Waals surface area contributed by atoms with E-state index in [4.69, 9.17) is 38.9 Å². The van der Waals surface area contributed by atoms with Crippen molar-refractivity contribution in [3.05, 3.63) is 71.0 Å². The number of amides is 4. The fourth-order valence-corrected chi connectivity index (χ4v) is 9.63. The highest BCUT2D eigenvalue weighted by atomic mass is 16.7. The molecule has 3 saturated heterocycles. The summed E-state index contributed by atoms with van der Waals surface area (Å²) in [6.07, 6.45) is 0.956. The number of aromatic nitrogens is 4. The summed E-state index contributed by atoms with van der Waals surface area (Å²) in [5.41, 5.74) is 7.57. The zero-order chi connectivity index (χ0) is 50.1. The molecule has 4 atom stereocenters. The quantitative estimate of drug-likeness (QED) is 0.110. The van der Waals surface area contributed by atoms with Crippen LogP contribution in [-0.2, 0) is 44.9 Å². The van der Waals surface area contributed by atoms with Gasteiger partial charge in [-0.1, -0.05) is 0 Å². The lowest BCUT2D eigenvalue weighted by molar-refractivity contribution is -0.140. The number of anilines is 4. The first-order chi connectivity index (χ1) is 34.3. The molecular formula is C51H72N12O8. The van der Waals surface area contributed by atoms with E-state index < -0.39 is 11.9 Å². The predicted octanol–water partition coefficient (Wildman–Crippen LogP) is 4.24. The monoisotopic (exact) mass is 981 g/mol. The first-order valence-corrected chi connectivity index (χ1v) is 25.1. The van der Waals surface area contributed by atoms with Crippen molar-refractivity contribution < 1.29 is 38.7 Å². The fourth-order valence-electron chi connectivity index (χ4n) is 9.63. The number of β-amino-alcohol motifs (C(OH)–C–C–N with tert-alkyl or cyclic N) is 1. The molecule has 0 radical (unpaired) electrons. The van der Waals surface area contributed by atoms with Crippen LogP contribution in [0.5, 0.6) is 0 Å². The number of aliphatic hydroxyl groups excluding tert-OH is 2. The van der Waals surface area contributed by atoms with Crippen molar-refractivity contribution in [1.29, 1.82) is 0 Å². The van der Waals surface area contributed by atoms with Crippen molar-refractivity contribution in [3.8, 4) is 22.8 Å². The maximum absolute atomic E-state index is 11.9. The zero-order valence-electron chi connectivity index (χ0n) is 42.1. The number of nitrogens with zero attached hydrogens (tertiary/aromatic N) is 8. The van der Waals surface area contributed by atoms with Gasteiger partial charge in [-0.25, -0.2) is 29.5 Å². The zero-order valence-corrected chi connectivity index (χ0v) is 42.1. The number of hydrogen-bond acceptors (Lipinski definition) is 16. The van der Waals surface area contributed by atoms with Crippen molar-refractivity contribution in [1.82, 2.24) is 40.4 Å². The summed E-state index contributed by atoms with van der Waals surface area (Å²) in [5, 5.41) is 30.3. The van der Waals surface area contributed by atoms with Crippen LogP contribution in [0.15, 0.2) is 48.5 Å². The lowest BCUT2D eigenvalue weighted by Gasteiger charge is -2.38. The minimum Gasteiger partial charge on any atom is -0.394 e. The van der Waals surface area contributed by atoms with Crippen molar-refractivity contribution in [2.45, 2.75) is 97.6 Å². The molecule has 0 bridgehead atoms. The Morgan fingerprint density at radius 1 is 0.704 bits per heavy atom. The highest BCUT2D eigenvalue weighted by molar-refractivity contribution is 5.90. The molecule has 0 aliphatic carbocycles. The second kappa shape index (κ2) is 23.8. The molecule has 4 aromatic rings. The van der Waals surface area contributed by atoms with Gasteiger partial charge in [0.15, 0.2) is 17.4 Å². The summed E-state index contributed by atoms with van der Waals surface area (Å²) in [4.78, 5) is 52.9. The Kier molecular flexibility index (Phi) is 17.3. The third-order valence-corrected chi connectivity index (χ3v) is 13.2. The molecule has 0 unspecified atom stereocenters. The molecule has 71 heavy (non-hydrogen) atoms. The molecule has 0 spiro atoms. The Balaban J connectivity index is 0.000000191. The number of aliphatic hydroxyl groups is 2. The molecule has 4 amide bonds. The van der Waals surface area contributed by atoms with Crippen LogP contribution in [0.25, 0.3) is 22.8 Å². The van der Waals surface area contributed by atoms with Crippen LogP contribution in [0, 0.1) is 0 Å². The standard InChI is InChI=1S/C27H38N6O4.C24H34N6O4/c1-5-28-26(34)29-20-8-6-19(7-9-20)24-30-23-15-32(14-21-17-36-27(3,4)37-21)11-10-22(23)25(31-24)33-12-13-35-16-18(33)2;1-3-25-24(33)26-18-6-4-17(5-7-18)22-27-21-13-29(12-19(32)14-31)9-8-20(21)23(28-22)30-10-11-34-15-16(30)2/h6-9,18,21H,5,10-17H2,1-4H3,(H2,28,29,34);4-7,16,19,31-32H,3,8-15H2,1-2H3,(H2,25,26,33)/t18-,21+;16-,19+/m00/s1. The van der Waals surface area contributed by atoms with Crippen LogP contribution >= 0.6 is 0 Å². The highest BCUT2D eigenvalue weighted by Crippen LogP contribution is 2.34. The summed E-state index contributed by atoms with van der Waals surface area (Å²) >= 11 is 0. The van der Waals surface area contributed by atoms with Gasteiger partial charge < -0.3 is 60.2 Å². The summed E-state index contributed by atoms with van der Waals surface area (Å²) in [7, 11) is 0. The first kappa shape index (κ1) is 51.8. The number of carbonyl (C=O) groups is 2. The second-order valence-corrected chi connectivity index (χ2v) is 19.2. The molecule has 2 aromatic heterocycles. The topological polar surface area (TPSA) is 224 Å².